The average molecular weight is 377 g/mol. The van der Waals surface area contributed by atoms with Crippen LogP contribution in [-0.4, -0.2) is 40.2 Å². The molecule has 5 nitrogen and oxygen atoms in total. The lowest BCUT2D eigenvalue weighted by Gasteiger charge is -2.22. The molecule has 1 aromatic carbocycles. The Balaban J connectivity index is 1.96. The fourth-order valence-corrected chi connectivity index (χ4v) is 3.98. The lowest BCUT2D eigenvalue weighted by Crippen LogP contribution is -2.39. The van der Waals surface area contributed by atoms with Gasteiger partial charge in [-0.25, -0.2) is 0 Å². The lowest BCUT2D eigenvalue weighted by atomic mass is 10.2. The van der Waals surface area contributed by atoms with E-state index in [2.05, 4.69) is 5.10 Å². The minimum absolute atomic E-state index is 0.00145. The maximum absolute atomic E-state index is 12.7. The van der Waals surface area contributed by atoms with Gasteiger partial charge in [-0.2, -0.15) is 5.10 Å². The summed E-state index contributed by atoms with van der Waals surface area (Å²) >= 11 is 7.73. The van der Waals surface area contributed by atoms with Gasteiger partial charge in [0.1, 0.15) is 4.83 Å². The van der Waals surface area contributed by atoms with Crippen LogP contribution < -0.4 is 5.73 Å². The molecule has 1 unspecified atom stereocenters. The van der Waals surface area contributed by atoms with Crippen molar-refractivity contribution in [1.82, 2.24) is 14.7 Å². The molecule has 3 aromatic rings. The van der Waals surface area contributed by atoms with E-state index in [9.17, 15) is 4.79 Å². The number of benzene rings is 1. The normalized spacial score (nSPS) is 12.5. The molecule has 1 amide bonds. The van der Waals surface area contributed by atoms with Crippen LogP contribution in [0.3, 0.4) is 0 Å². The number of likely N-dealkylation sites (N-methyl/N-ethyl adjacent to an activating group) is 1. The number of amides is 1. The third-order valence-corrected chi connectivity index (χ3v) is 5.92. The molecule has 25 heavy (non-hydrogen) atoms. The SMILES string of the molecule is Cc1nn(Cc2ccccc2Cl)c2sc(C(=O)N(C)C(C)CN)cc12. The summed E-state index contributed by atoms with van der Waals surface area (Å²) in [6.07, 6.45) is 0. The first-order valence-corrected chi connectivity index (χ1v) is 9.29. The van der Waals surface area contributed by atoms with Crippen LogP contribution >= 0.6 is 22.9 Å². The first kappa shape index (κ1) is 17.9. The molecule has 0 aliphatic heterocycles. The molecule has 2 N–H and O–H groups in total. The molecular formula is C18H21ClN4OS. The zero-order valence-electron chi connectivity index (χ0n) is 14.5. The Labute approximate surface area is 156 Å². The van der Waals surface area contributed by atoms with Gasteiger partial charge in [-0.15, -0.1) is 11.3 Å². The van der Waals surface area contributed by atoms with Crippen LogP contribution in [0.4, 0.5) is 0 Å². The molecule has 0 aliphatic rings. The quantitative estimate of drug-likeness (QED) is 0.740. The summed E-state index contributed by atoms with van der Waals surface area (Å²) < 4.78 is 1.92. The number of nitrogens with zero attached hydrogens (tertiary/aromatic N) is 3. The number of nitrogens with two attached hydrogens (primary N) is 1. The summed E-state index contributed by atoms with van der Waals surface area (Å²) in [4.78, 5) is 16.0. The molecule has 0 bridgehead atoms. The highest BCUT2D eigenvalue weighted by Crippen LogP contribution is 2.30. The summed E-state index contributed by atoms with van der Waals surface area (Å²) in [6, 6.07) is 9.65. The third kappa shape index (κ3) is 3.42. The number of hydrogen-bond donors (Lipinski definition) is 1. The van der Waals surface area contributed by atoms with Crippen LogP contribution in [-0.2, 0) is 6.54 Å². The van der Waals surface area contributed by atoms with E-state index in [1.807, 2.05) is 48.9 Å². The maximum atomic E-state index is 12.7. The van der Waals surface area contributed by atoms with Crippen molar-refractivity contribution < 1.29 is 4.79 Å². The van der Waals surface area contributed by atoms with E-state index in [-0.39, 0.29) is 11.9 Å². The fraction of sp³-hybridized carbons (Fsp3) is 0.333. The van der Waals surface area contributed by atoms with Gasteiger partial charge in [0.05, 0.1) is 17.1 Å². The van der Waals surface area contributed by atoms with Gasteiger partial charge in [0.25, 0.3) is 5.91 Å². The molecule has 3 rings (SSSR count). The van der Waals surface area contributed by atoms with Gasteiger partial charge < -0.3 is 10.6 Å². The second-order valence-corrected chi connectivity index (χ2v) is 7.60. The smallest absolute Gasteiger partial charge is 0.264 e. The van der Waals surface area contributed by atoms with Gasteiger partial charge in [0.2, 0.25) is 0 Å². The highest BCUT2D eigenvalue weighted by molar-refractivity contribution is 7.20. The number of aryl methyl sites for hydroxylation is 1. The standard InChI is InChI=1S/C18H21ClN4OS/c1-11(9-20)22(3)17(24)16-8-14-12(2)21-23(18(14)25-16)10-13-6-4-5-7-15(13)19/h4-8,11H,9-10,20H2,1-3H3. The van der Waals surface area contributed by atoms with Crippen molar-refractivity contribution in [1.29, 1.82) is 0 Å². The van der Waals surface area contributed by atoms with Gasteiger partial charge in [0.15, 0.2) is 0 Å². The second-order valence-electron chi connectivity index (χ2n) is 6.16. The molecule has 2 aromatic heterocycles. The van der Waals surface area contributed by atoms with Crippen molar-refractivity contribution in [3.63, 3.8) is 0 Å². The number of halogens is 1. The first-order chi connectivity index (χ1) is 11.9. The molecule has 0 saturated carbocycles. The van der Waals surface area contributed by atoms with Gasteiger partial charge in [0, 0.05) is 30.0 Å². The van der Waals surface area contributed by atoms with Gasteiger partial charge >= 0.3 is 0 Å². The number of carbonyl (C=O) groups excluding carboxylic acids is 1. The van der Waals surface area contributed by atoms with E-state index in [1.165, 1.54) is 11.3 Å². The summed E-state index contributed by atoms with van der Waals surface area (Å²) in [5.74, 6) is -0.0113. The molecule has 0 radical (unpaired) electrons. The molecule has 2 heterocycles. The molecule has 132 valence electrons. The van der Waals surface area contributed by atoms with E-state index in [4.69, 9.17) is 17.3 Å². The lowest BCUT2D eigenvalue weighted by molar-refractivity contribution is 0.0753. The van der Waals surface area contributed by atoms with Crippen LogP contribution in [0.2, 0.25) is 5.02 Å². The Morgan fingerprint density at radius 2 is 2.16 bits per heavy atom. The molecular weight excluding hydrogens is 356 g/mol. The van der Waals surface area contributed by atoms with Crippen LogP contribution in [0.5, 0.6) is 0 Å². The van der Waals surface area contributed by atoms with Crippen molar-refractivity contribution in [3.05, 3.63) is 51.5 Å². The molecule has 0 fully saturated rings. The fourth-order valence-electron chi connectivity index (χ4n) is 2.65. The predicted octanol–water partition coefficient (Wildman–Crippen LogP) is 3.53. The van der Waals surface area contributed by atoms with E-state index in [1.54, 1.807) is 11.9 Å². The van der Waals surface area contributed by atoms with E-state index in [0.717, 1.165) is 21.5 Å². The predicted molar refractivity (Wildman–Crippen MR) is 104 cm³/mol. The summed E-state index contributed by atoms with van der Waals surface area (Å²) in [6.45, 7) is 4.91. The van der Waals surface area contributed by atoms with Crippen LogP contribution in [0.15, 0.2) is 30.3 Å². The minimum Gasteiger partial charge on any atom is -0.337 e. The Bertz CT molecular complexity index is 917. The monoisotopic (exact) mass is 376 g/mol. The second kappa shape index (κ2) is 7.15. The highest BCUT2D eigenvalue weighted by Gasteiger charge is 2.21. The molecule has 0 aliphatic carbocycles. The molecule has 1 atom stereocenters. The van der Waals surface area contributed by atoms with Crippen LogP contribution in [0.25, 0.3) is 10.2 Å². The Morgan fingerprint density at radius 1 is 1.44 bits per heavy atom. The van der Waals surface area contributed by atoms with Crippen molar-refractivity contribution >= 4 is 39.1 Å². The van der Waals surface area contributed by atoms with E-state index < -0.39 is 0 Å². The number of carbonyl (C=O) groups is 1. The van der Waals surface area contributed by atoms with Gasteiger partial charge in [-0.1, -0.05) is 29.8 Å². The summed E-state index contributed by atoms with van der Waals surface area (Å²) in [7, 11) is 1.78. The van der Waals surface area contributed by atoms with E-state index in [0.29, 0.717) is 23.0 Å². The minimum atomic E-state index is -0.0113. The first-order valence-electron chi connectivity index (χ1n) is 8.10. The highest BCUT2D eigenvalue weighted by atomic mass is 35.5. The Hall–Kier alpha value is -1.89. The van der Waals surface area contributed by atoms with Crippen molar-refractivity contribution in [3.8, 4) is 0 Å². The molecule has 0 spiro atoms. The Morgan fingerprint density at radius 3 is 2.84 bits per heavy atom. The van der Waals surface area contributed by atoms with Gasteiger partial charge in [-0.05, 0) is 31.5 Å². The zero-order valence-corrected chi connectivity index (χ0v) is 16.1. The largest absolute Gasteiger partial charge is 0.337 e. The van der Waals surface area contributed by atoms with Crippen molar-refractivity contribution in [2.45, 2.75) is 26.4 Å². The molecule has 0 saturated heterocycles. The van der Waals surface area contributed by atoms with Crippen molar-refractivity contribution in [2.75, 3.05) is 13.6 Å². The Kier molecular flexibility index (Phi) is 5.13. The van der Waals surface area contributed by atoms with Crippen LogP contribution in [0.1, 0.15) is 27.9 Å². The number of rotatable bonds is 5. The maximum Gasteiger partial charge on any atom is 0.264 e. The zero-order chi connectivity index (χ0) is 18.1. The number of fused-ring (bicyclic) bond motifs is 1. The van der Waals surface area contributed by atoms with Gasteiger partial charge in [-0.3, -0.25) is 9.48 Å². The topological polar surface area (TPSA) is 64.2 Å². The summed E-state index contributed by atoms with van der Waals surface area (Å²) in [5, 5.41) is 6.33. The number of thiophene rings is 1. The van der Waals surface area contributed by atoms with Crippen LogP contribution in [0, 0.1) is 6.92 Å². The molecule has 7 heteroatoms. The van der Waals surface area contributed by atoms with Crippen molar-refractivity contribution in [2.24, 2.45) is 5.73 Å². The number of aromatic nitrogens is 2. The average Bonchev–Trinajstić information content (AvgIpc) is 3.16. The van der Waals surface area contributed by atoms with E-state index >= 15 is 0 Å². The third-order valence-electron chi connectivity index (χ3n) is 4.42. The number of hydrogen-bond acceptors (Lipinski definition) is 4. The summed E-state index contributed by atoms with van der Waals surface area (Å²) in [5.41, 5.74) is 7.59.